The molecule has 8 nitrogen and oxygen atoms in total. The molecule has 2 heterocycles. The fourth-order valence-electron chi connectivity index (χ4n) is 3.48. The fourth-order valence-corrected chi connectivity index (χ4v) is 3.48. The highest BCUT2D eigenvalue weighted by atomic mass is 16.5. The molecular formula is C23H23N5O3. The smallest absolute Gasteiger partial charge is 0.346 e. The molecule has 2 aromatic carbocycles. The van der Waals surface area contributed by atoms with Crippen LogP contribution in [0.15, 0.2) is 65.6 Å². The predicted octanol–water partition coefficient (Wildman–Crippen LogP) is 2.63. The summed E-state index contributed by atoms with van der Waals surface area (Å²) in [6, 6.07) is 16.8. The first-order valence-corrected chi connectivity index (χ1v) is 10.1. The van der Waals surface area contributed by atoms with Crippen molar-refractivity contribution in [1.82, 2.24) is 24.6 Å². The van der Waals surface area contributed by atoms with Gasteiger partial charge in [-0.3, -0.25) is 14.3 Å². The molecule has 1 amide bonds. The molecule has 4 rings (SSSR count). The number of hydrogen-bond donors (Lipinski definition) is 1. The van der Waals surface area contributed by atoms with Gasteiger partial charge in [-0.1, -0.05) is 36.4 Å². The number of nitrogens with zero attached hydrogens (tertiary/aromatic N) is 4. The van der Waals surface area contributed by atoms with Gasteiger partial charge in [-0.05, 0) is 35.9 Å². The van der Waals surface area contributed by atoms with Crippen molar-refractivity contribution in [3.8, 4) is 17.3 Å². The standard InChI is InChI=1S/C23H23N5O3/c1-3-31-19-12-11-16-8-4-5-9-17(16)20(19)22(29)25-14-15-28-23(30)27(2)21(26-28)18-10-6-7-13-24-18/h4-13H,3,14-15H2,1-2H3,(H,25,29). The monoisotopic (exact) mass is 417 g/mol. The van der Waals surface area contributed by atoms with Gasteiger partial charge in [-0.15, -0.1) is 5.10 Å². The molecule has 0 saturated heterocycles. The number of rotatable bonds is 7. The number of hydrogen-bond acceptors (Lipinski definition) is 5. The number of benzene rings is 2. The minimum Gasteiger partial charge on any atom is -0.493 e. The number of amides is 1. The molecule has 0 fully saturated rings. The molecule has 8 heteroatoms. The lowest BCUT2D eigenvalue weighted by molar-refractivity contribution is 0.0950. The van der Waals surface area contributed by atoms with Gasteiger partial charge in [0.25, 0.3) is 5.91 Å². The Labute approximate surface area is 179 Å². The van der Waals surface area contributed by atoms with E-state index in [1.807, 2.05) is 49.4 Å². The zero-order chi connectivity index (χ0) is 21.8. The van der Waals surface area contributed by atoms with Gasteiger partial charge >= 0.3 is 5.69 Å². The Bertz CT molecular complexity index is 1280. The molecule has 0 radical (unpaired) electrons. The van der Waals surface area contributed by atoms with Gasteiger partial charge in [0.1, 0.15) is 11.4 Å². The van der Waals surface area contributed by atoms with Gasteiger partial charge in [0.05, 0.1) is 18.7 Å². The highest BCUT2D eigenvalue weighted by molar-refractivity contribution is 6.09. The van der Waals surface area contributed by atoms with Gasteiger partial charge in [0, 0.05) is 19.8 Å². The minimum atomic E-state index is -0.268. The normalized spacial score (nSPS) is 10.9. The van der Waals surface area contributed by atoms with Crippen LogP contribution < -0.4 is 15.7 Å². The summed E-state index contributed by atoms with van der Waals surface area (Å²) in [5, 5.41) is 9.04. The lowest BCUT2D eigenvalue weighted by atomic mass is 10.0. The number of carbonyl (C=O) groups excluding carboxylic acids is 1. The SMILES string of the molecule is CCOc1ccc2ccccc2c1C(=O)NCCn1nc(-c2ccccn2)n(C)c1=O. The van der Waals surface area contributed by atoms with Crippen molar-refractivity contribution < 1.29 is 9.53 Å². The van der Waals surface area contributed by atoms with Gasteiger partial charge in [-0.2, -0.15) is 0 Å². The first-order chi connectivity index (χ1) is 15.1. The van der Waals surface area contributed by atoms with Gasteiger partial charge in [-0.25, -0.2) is 9.48 Å². The van der Waals surface area contributed by atoms with Crippen LogP contribution in [0.4, 0.5) is 0 Å². The van der Waals surface area contributed by atoms with Crippen LogP contribution in [0.1, 0.15) is 17.3 Å². The molecule has 158 valence electrons. The van der Waals surface area contributed by atoms with Crippen molar-refractivity contribution in [3.63, 3.8) is 0 Å². The van der Waals surface area contributed by atoms with E-state index in [9.17, 15) is 9.59 Å². The third-order valence-electron chi connectivity index (χ3n) is 4.96. The van der Waals surface area contributed by atoms with Crippen LogP contribution in [0.2, 0.25) is 0 Å². The second-order valence-electron chi connectivity index (χ2n) is 6.95. The van der Waals surface area contributed by atoms with Crippen LogP contribution in [0.3, 0.4) is 0 Å². The predicted molar refractivity (Wildman–Crippen MR) is 118 cm³/mol. The maximum Gasteiger partial charge on any atom is 0.346 e. The third-order valence-corrected chi connectivity index (χ3v) is 4.96. The Kier molecular flexibility index (Phi) is 5.79. The second-order valence-corrected chi connectivity index (χ2v) is 6.95. The number of carbonyl (C=O) groups is 1. The van der Waals surface area contributed by atoms with Gasteiger partial charge in [0.2, 0.25) is 0 Å². The van der Waals surface area contributed by atoms with Crippen LogP contribution in [0, 0.1) is 0 Å². The summed E-state index contributed by atoms with van der Waals surface area (Å²) in [5.74, 6) is 0.755. The third kappa shape index (κ3) is 4.05. The van der Waals surface area contributed by atoms with E-state index in [1.54, 1.807) is 25.4 Å². The van der Waals surface area contributed by atoms with Crippen LogP contribution in [0.5, 0.6) is 5.75 Å². The summed E-state index contributed by atoms with van der Waals surface area (Å²) in [6.07, 6.45) is 1.65. The summed E-state index contributed by atoms with van der Waals surface area (Å²) >= 11 is 0. The summed E-state index contributed by atoms with van der Waals surface area (Å²) in [4.78, 5) is 29.8. The lowest BCUT2D eigenvalue weighted by Gasteiger charge is -2.13. The molecule has 0 aliphatic carbocycles. The average molecular weight is 417 g/mol. The Hall–Kier alpha value is -3.94. The molecule has 0 atom stereocenters. The first-order valence-electron chi connectivity index (χ1n) is 10.1. The van der Waals surface area contributed by atoms with E-state index >= 15 is 0 Å². The topological polar surface area (TPSA) is 91.0 Å². The van der Waals surface area contributed by atoms with E-state index in [0.29, 0.717) is 29.4 Å². The van der Waals surface area contributed by atoms with Crippen molar-refractivity contribution in [2.75, 3.05) is 13.2 Å². The number of nitrogens with one attached hydrogen (secondary N) is 1. The van der Waals surface area contributed by atoms with E-state index in [4.69, 9.17) is 4.74 Å². The van der Waals surface area contributed by atoms with E-state index in [0.717, 1.165) is 10.8 Å². The van der Waals surface area contributed by atoms with E-state index in [1.165, 1.54) is 9.25 Å². The Balaban J connectivity index is 1.53. The van der Waals surface area contributed by atoms with E-state index in [2.05, 4.69) is 15.4 Å². The summed E-state index contributed by atoms with van der Waals surface area (Å²) in [6.45, 7) is 2.81. The molecule has 4 aromatic rings. The molecule has 31 heavy (non-hydrogen) atoms. The van der Waals surface area contributed by atoms with Crippen molar-refractivity contribution in [2.45, 2.75) is 13.5 Å². The summed E-state index contributed by atoms with van der Waals surface area (Å²) in [5.41, 5.74) is 0.833. The molecule has 0 unspecified atom stereocenters. The van der Waals surface area contributed by atoms with Crippen molar-refractivity contribution in [1.29, 1.82) is 0 Å². The summed E-state index contributed by atoms with van der Waals surface area (Å²) in [7, 11) is 1.65. The fraction of sp³-hybridized carbons (Fsp3) is 0.217. The van der Waals surface area contributed by atoms with E-state index < -0.39 is 0 Å². The molecule has 0 aliphatic rings. The second kappa shape index (κ2) is 8.83. The Morgan fingerprint density at radius 2 is 1.90 bits per heavy atom. The average Bonchev–Trinajstić information content (AvgIpc) is 3.08. The molecule has 0 bridgehead atoms. The van der Waals surface area contributed by atoms with Crippen molar-refractivity contribution in [2.24, 2.45) is 7.05 Å². The lowest BCUT2D eigenvalue weighted by Crippen LogP contribution is -2.32. The molecule has 2 aromatic heterocycles. The zero-order valence-electron chi connectivity index (χ0n) is 17.4. The highest BCUT2D eigenvalue weighted by Gasteiger charge is 2.17. The number of aromatic nitrogens is 4. The van der Waals surface area contributed by atoms with Gasteiger partial charge < -0.3 is 10.1 Å². The summed E-state index contributed by atoms with van der Waals surface area (Å²) < 4.78 is 8.46. The Morgan fingerprint density at radius 3 is 2.68 bits per heavy atom. The van der Waals surface area contributed by atoms with Crippen molar-refractivity contribution in [3.05, 3.63) is 76.8 Å². The first kappa shape index (κ1) is 20.3. The Morgan fingerprint density at radius 1 is 1.10 bits per heavy atom. The minimum absolute atomic E-state index is 0.236. The molecule has 0 aliphatic heterocycles. The molecule has 1 N–H and O–H groups in total. The van der Waals surface area contributed by atoms with Crippen LogP contribution in [-0.4, -0.2) is 38.4 Å². The number of ether oxygens (including phenoxy) is 1. The number of fused-ring (bicyclic) bond motifs is 1. The van der Waals surface area contributed by atoms with E-state index in [-0.39, 0.29) is 24.7 Å². The van der Waals surface area contributed by atoms with Crippen LogP contribution in [0.25, 0.3) is 22.3 Å². The maximum atomic E-state index is 13.0. The van der Waals surface area contributed by atoms with Gasteiger partial charge in [0.15, 0.2) is 5.82 Å². The van der Waals surface area contributed by atoms with Crippen LogP contribution in [-0.2, 0) is 13.6 Å². The number of pyridine rings is 1. The maximum absolute atomic E-state index is 13.0. The largest absolute Gasteiger partial charge is 0.493 e. The molecule has 0 spiro atoms. The van der Waals surface area contributed by atoms with Crippen molar-refractivity contribution >= 4 is 16.7 Å². The highest BCUT2D eigenvalue weighted by Crippen LogP contribution is 2.28. The zero-order valence-corrected chi connectivity index (χ0v) is 17.4. The molecular weight excluding hydrogens is 394 g/mol. The quantitative estimate of drug-likeness (QED) is 0.499. The molecule has 0 saturated carbocycles. The van der Waals surface area contributed by atoms with Crippen LogP contribution >= 0.6 is 0 Å².